The minimum atomic E-state index is -1.61. The molecule has 0 aliphatic carbocycles. The van der Waals surface area contributed by atoms with Crippen LogP contribution in [0.1, 0.15) is 181 Å². The molecule has 1 rings (SSSR count). The van der Waals surface area contributed by atoms with Crippen molar-refractivity contribution in [2.24, 2.45) is 0 Å². The van der Waals surface area contributed by atoms with Gasteiger partial charge in [-0.2, -0.15) is 0 Å². The second kappa shape index (κ2) is 39.5. The number of carbonyl (C=O) groups excluding carboxylic acids is 2. The summed E-state index contributed by atoms with van der Waals surface area (Å²) in [5.41, 5.74) is 0. The normalized spacial score (nSPS) is 20.5. The predicted octanol–water partition coefficient (Wildman–Crippen LogP) is 10.2. The third-order valence-electron chi connectivity index (χ3n) is 10.4. The molecular weight excluding hydrogens is 749 g/mol. The number of aliphatic hydroxyl groups excluding tert-OH is 4. The van der Waals surface area contributed by atoms with E-state index in [1.54, 1.807) is 0 Å². The Bertz CT molecular complexity index is 1150. The van der Waals surface area contributed by atoms with Crippen molar-refractivity contribution < 1.29 is 49.0 Å². The molecule has 4 N–H and O–H groups in total. The number of esters is 2. The van der Waals surface area contributed by atoms with E-state index in [4.69, 9.17) is 18.9 Å². The first-order valence-electron chi connectivity index (χ1n) is 23.4. The molecule has 0 spiro atoms. The second-order valence-electron chi connectivity index (χ2n) is 15.8. The predicted molar refractivity (Wildman–Crippen MR) is 238 cm³/mol. The Morgan fingerprint density at radius 2 is 1.00 bits per heavy atom. The van der Waals surface area contributed by atoms with Crippen molar-refractivity contribution >= 4 is 11.9 Å². The molecule has 340 valence electrons. The molecule has 59 heavy (non-hydrogen) atoms. The minimum Gasteiger partial charge on any atom is -0.462 e. The second-order valence-corrected chi connectivity index (χ2v) is 15.8. The van der Waals surface area contributed by atoms with Crippen molar-refractivity contribution in [2.75, 3.05) is 19.8 Å². The molecule has 0 saturated carbocycles. The maximum atomic E-state index is 12.8. The molecule has 0 bridgehead atoms. The van der Waals surface area contributed by atoms with Gasteiger partial charge in [-0.1, -0.05) is 177 Å². The van der Waals surface area contributed by atoms with E-state index in [-0.39, 0.29) is 26.1 Å². The van der Waals surface area contributed by atoms with Gasteiger partial charge in [0.05, 0.1) is 13.2 Å². The van der Waals surface area contributed by atoms with Crippen molar-refractivity contribution in [3.8, 4) is 0 Å². The zero-order valence-corrected chi connectivity index (χ0v) is 37.0. The monoisotopic (exact) mass is 833 g/mol. The molecule has 10 nitrogen and oxygen atoms in total. The van der Waals surface area contributed by atoms with Gasteiger partial charge in [0, 0.05) is 12.8 Å². The number of allylic oxidation sites excluding steroid dienone is 10. The van der Waals surface area contributed by atoms with E-state index >= 15 is 0 Å². The van der Waals surface area contributed by atoms with E-state index in [0.717, 1.165) is 51.4 Å². The van der Waals surface area contributed by atoms with Crippen molar-refractivity contribution in [3.05, 3.63) is 60.8 Å². The van der Waals surface area contributed by atoms with Gasteiger partial charge in [-0.05, 0) is 51.4 Å². The zero-order valence-electron chi connectivity index (χ0n) is 37.0. The SMILES string of the molecule is CC/C=C/C/C=C/C/C=C/C/C=C/C/C=C/CCCC(=O)O[C@@H](COC(=O)CCCCCCCCCCCCCCCCCCC)CO[C@H]1O[C@@H](CO)[C@@H](O)C(O)C1O. The quantitative estimate of drug-likeness (QED) is 0.0269. The Hall–Kier alpha value is -2.60. The lowest BCUT2D eigenvalue weighted by Gasteiger charge is -2.39. The van der Waals surface area contributed by atoms with E-state index in [0.29, 0.717) is 12.8 Å². The standard InChI is InChI=1S/C49H84O10/c1-3-5-7-9-11-13-15-17-19-21-23-25-27-29-31-33-35-37-44(51)56-40-42(41-57-49-48(55)47(54)46(53)43(39-50)59-49)58-45(52)38-36-34-32-30-28-26-24-22-20-18-16-14-12-10-8-6-4-2/h6,8,12,14,18,20,24,26,30,32,42-43,46-50,53-55H,3-5,7,9-11,13,15-17,19,21-23,25,27-29,31,33-41H2,1-2H3/b8-6+,14-12+,20-18+,26-24+,32-30+/t42-,43-,46+,47?,48?,49-/m0/s1. The van der Waals surface area contributed by atoms with Crippen LogP contribution in [0.25, 0.3) is 0 Å². The molecule has 0 aromatic rings. The Kier molecular flexibility index (Phi) is 36.5. The summed E-state index contributed by atoms with van der Waals surface area (Å²) >= 11 is 0. The summed E-state index contributed by atoms with van der Waals surface area (Å²) in [6.07, 6.45) is 40.9. The molecule has 0 aromatic carbocycles. The summed E-state index contributed by atoms with van der Waals surface area (Å²) in [7, 11) is 0. The lowest BCUT2D eigenvalue weighted by Crippen LogP contribution is -2.59. The summed E-state index contributed by atoms with van der Waals surface area (Å²) in [5.74, 6) is -0.873. The third-order valence-corrected chi connectivity index (χ3v) is 10.4. The fourth-order valence-corrected chi connectivity index (χ4v) is 6.75. The molecule has 1 fully saturated rings. The van der Waals surface area contributed by atoms with Crippen molar-refractivity contribution in [2.45, 2.75) is 218 Å². The lowest BCUT2D eigenvalue weighted by molar-refractivity contribution is -0.305. The smallest absolute Gasteiger partial charge is 0.306 e. The summed E-state index contributed by atoms with van der Waals surface area (Å²) < 4.78 is 22.1. The van der Waals surface area contributed by atoms with Crippen LogP contribution in [0.3, 0.4) is 0 Å². The number of ether oxygens (including phenoxy) is 4. The van der Waals surface area contributed by atoms with E-state index in [9.17, 15) is 30.0 Å². The third kappa shape index (κ3) is 31.0. The number of aliphatic hydroxyl groups is 4. The average molecular weight is 833 g/mol. The van der Waals surface area contributed by atoms with Crippen molar-refractivity contribution in [1.82, 2.24) is 0 Å². The minimum absolute atomic E-state index is 0.151. The molecule has 1 saturated heterocycles. The zero-order chi connectivity index (χ0) is 43.0. The summed E-state index contributed by atoms with van der Waals surface area (Å²) in [6.45, 7) is 3.26. The number of carbonyl (C=O) groups is 2. The Labute approximate surface area is 358 Å². The van der Waals surface area contributed by atoms with Crippen LogP contribution in [0.15, 0.2) is 60.8 Å². The van der Waals surface area contributed by atoms with Crippen LogP contribution < -0.4 is 0 Å². The highest BCUT2D eigenvalue weighted by atomic mass is 16.7. The number of rotatable bonds is 38. The van der Waals surface area contributed by atoms with Crippen LogP contribution in [0, 0.1) is 0 Å². The molecule has 0 radical (unpaired) electrons. The van der Waals surface area contributed by atoms with Crippen LogP contribution in [0.2, 0.25) is 0 Å². The van der Waals surface area contributed by atoms with Crippen molar-refractivity contribution in [1.29, 1.82) is 0 Å². The van der Waals surface area contributed by atoms with Crippen LogP contribution in [-0.2, 0) is 28.5 Å². The van der Waals surface area contributed by atoms with Crippen molar-refractivity contribution in [3.63, 3.8) is 0 Å². The molecule has 0 amide bonds. The molecular formula is C49H84O10. The van der Waals surface area contributed by atoms with E-state index in [2.05, 4.69) is 68.5 Å². The van der Waals surface area contributed by atoms with Gasteiger partial charge in [0.2, 0.25) is 0 Å². The van der Waals surface area contributed by atoms with E-state index in [1.807, 2.05) is 6.08 Å². The van der Waals surface area contributed by atoms with Gasteiger partial charge in [0.25, 0.3) is 0 Å². The van der Waals surface area contributed by atoms with E-state index < -0.39 is 55.4 Å². The van der Waals surface area contributed by atoms with Gasteiger partial charge in [0.15, 0.2) is 12.4 Å². The highest BCUT2D eigenvalue weighted by Gasteiger charge is 2.44. The Morgan fingerprint density at radius 3 is 1.49 bits per heavy atom. The fraction of sp³-hybridized carbons (Fsp3) is 0.755. The lowest BCUT2D eigenvalue weighted by atomic mass is 9.99. The maximum Gasteiger partial charge on any atom is 0.306 e. The van der Waals surface area contributed by atoms with Gasteiger partial charge in [-0.25, -0.2) is 0 Å². The van der Waals surface area contributed by atoms with Crippen LogP contribution in [-0.4, -0.2) is 89.0 Å². The van der Waals surface area contributed by atoms with E-state index in [1.165, 1.54) is 89.9 Å². The van der Waals surface area contributed by atoms with Gasteiger partial charge in [-0.15, -0.1) is 0 Å². The fourth-order valence-electron chi connectivity index (χ4n) is 6.75. The Balaban J connectivity index is 2.35. The average Bonchev–Trinajstić information content (AvgIpc) is 3.23. The summed E-state index contributed by atoms with van der Waals surface area (Å²) in [4.78, 5) is 25.3. The maximum absolute atomic E-state index is 12.8. The Morgan fingerprint density at radius 1 is 0.542 bits per heavy atom. The molecule has 10 heteroatoms. The molecule has 6 atom stereocenters. The van der Waals surface area contributed by atoms with Crippen LogP contribution >= 0.6 is 0 Å². The van der Waals surface area contributed by atoms with Crippen LogP contribution in [0.4, 0.5) is 0 Å². The van der Waals surface area contributed by atoms with Crippen LogP contribution in [0.5, 0.6) is 0 Å². The molecule has 1 aliphatic rings. The number of hydrogen-bond acceptors (Lipinski definition) is 10. The van der Waals surface area contributed by atoms with Gasteiger partial charge in [0.1, 0.15) is 31.0 Å². The molecule has 0 aromatic heterocycles. The number of unbranched alkanes of at least 4 members (excludes halogenated alkanes) is 17. The number of hydrogen-bond donors (Lipinski definition) is 4. The highest BCUT2D eigenvalue weighted by molar-refractivity contribution is 5.70. The molecule has 2 unspecified atom stereocenters. The molecule has 1 aliphatic heterocycles. The van der Waals surface area contributed by atoms with Gasteiger partial charge >= 0.3 is 11.9 Å². The van der Waals surface area contributed by atoms with Gasteiger partial charge in [-0.3, -0.25) is 9.59 Å². The summed E-state index contributed by atoms with van der Waals surface area (Å²) in [5, 5.41) is 40.1. The van der Waals surface area contributed by atoms with Gasteiger partial charge < -0.3 is 39.4 Å². The highest BCUT2D eigenvalue weighted by Crippen LogP contribution is 2.22. The first kappa shape index (κ1) is 54.4. The molecule has 1 heterocycles. The largest absolute Gasteiger partial charge is 0.462 e. The first-order chi connectivity index (χ1) is 28.8. The summed E-state index contributed by atoms with van der Waals surface area (Å²) in [6, 6.07) is 0. The topological polar surface area (TPSA) is 152 Å². The first-order valence-corrected chi connectivity index (χ1v) is 23.4.